The first-order valence-electron chi connectivity index (χ1n) is 5.09. The Kier molecular flexibility index (Phi) is 3.74. The van der Waals surface area contributed by atoms with Crippen LogP contribution in [0.5, 0.6) is 0 Å². The molecule has 15 heavy (non-hydrogen) atoms. The first kappa shape index (κ1) is 12.0. The molecule has 0 radical (unpaired) electrons. The van der Waals surface area contributed by atoms with Crippen LogP contribution < -0.4 is 0 Å². The number of hydrogen-bond acceptors (Lipinski definition) is 3. The summed E-state index contributed by atoms with van der Waals surface area (Å²) in [6.45, 7) is 8.28. The summed E-state index contributed by atoms with van der Waals surface area (Å²) in [6, 6.07) is 0. The van der Waals surface area contributed by atoms with Crippen molar-refractivity contribution in [3.05, 3.63) is 24.4 Å². The van der Waals surface area contributed by atoms with Crippen LogP contribution in [0.4, 0.5) is 0 Å². The highest BCUT2D eigenvalue weighted by Crippen LogP contribution is 2.32. The summed E-state index contributed by atoms with van der Waals surface area (Å²) in [6.07, 6.45) is 6.02. The highest BCUT2D eigenvalue weighted by Gasteiger charge is 2.27. The molecule has 4 heteroatoms. The summed E-state index contributed by atoms with van der Waals surface area (Å²) < 4.78 is 10.2. The molecule has 0 fully saturated rings. The fourth-order valence-electron chi connectivity index (χ4n) is 1.43. The molecular weight excluding hydrogens is 208 g/mol. The Labute approximate surface area is 91.8 Å². The minimum absolute atomic E-state index is 0.291. The van der Waals surface area contributed by atoms with Gasteiger partial charge in [0, 0.05) is 13.3 Å². The van der Waals surface area contributed by atoms with Crippen molar-refractivity contribution in [3.8, 4) is 0 Å². The number of ether oxygens (including phenoxy) is 2. The van der Waals surface area contributed by atoms with Crippen molar-refractivity contribution in [2.24, 2.45) is 0 Å². The first-order chi connectivity index (χ1) is 6.89. The number of carbonyl (C=O) groups is 1. The van der Waals surface area contributed by atoms with Crippen molar-refractivity contribution < 1.29 is 14.3 Å². The summed E-state index contributed by atoms with van der Waals surface area (Å²) in [4.78, 5) is 10.9. The summed E-state index contributed by atoms with van der Waals surface area (Å²) in [5.74, 6) is 0.334. The number of rotatable bonds is 2. The Balaban J connectivity index is 2.72. The molecule has 1 unspecified atom stereocenters. The van der Waals surface area contributed by atoms with E-state index in [2.05, 4.69) is 25.7 Å². The van der Waals surface area contributed by atoms with E-state index < -0.39 is 8.07 Å². The van der Waals surface area contributed by atoms with E-state index in [0.717, 1.165) is 6.42 Å². The van der Waals surface area contributed by atoms with E-state index in [0.29, 0.717) is 11.3 Å². The van der Waals surface area contributed by atoms with E-state index in [-0.39, 0.29) is 5.97 Å². The predicted octanol–water partition coefficient (Wildman–Crippen LogP) is 3.03. The molecule has 1 aliphatic heterocycles. The Morgan fingerprint density at radius 3 is 2.73 bits per heavy atom. The van der Waals surface area contributed by atoms with E-state index in [9.17, 15) is 4.79 Å². The highest BCUT2D eigenvalue weighted by molar-refractivity contribution is 6.78. The predicted molar refractivity (Wildman–Crippen MR) is 61.8 cm³/mol. The third-order valence-electron chi connectivity index (χ3n) is 2.40. The van der Waals surface area contributed by atoms with Crippen molar-refractivity contribution >= 4 is 14.0 Å². The molecule has 0 aliphatic carbocycles. The van der Waals surface area contributed by atoms with Gasteiger partial charge < -0.3 is 9.47 Å². The van der Waals surface area contributed by atoms with E-state index in [1.807, 2.05) is 0 Å². The van der Waals surface area contributed by atoms with Crippen molar-refractivity contribution in [2.45, 2.75) is 38.5 Å². The van der Waals surface area contributed by atoms with E-state index >= 15 is 0 Å². The lowest BCUT2D eigenvalue weighted by molar-refractivity contribution is -0.137. The third-order valence-corrected chi connectivity index (χ3v) is 5.02. The van der Waals surface area contributed by atoms with Crippen LogP contribution in [0.15, 0.2) is 24.4 Å². The standard InChI is InChI=1S/C11H18O3Si/c1-9(12)14-10-7-11(15(2,3)4)5-6-13-8-10/h5-6,8,11H,7H2,1-4H3. The molecule has 0 N–H and O–H groups in total. The number of esters is 1. The molecule has 1 rings (SSSR count). The summed E-state index contributed by atoms with van der Waals surface area (Å²) in [7, 11) is -1.28. The van der Waals surface area contributed by atoms with Gasteiger partial charge in [-0.05, 0) is 11.6 Å². The monoisotopic (exact) mass is 226 g/mol. The molecule has 0 aromatic carbocycles. The molecule has 1 atom stereocenters. The lowest BCUT2D eigenvalue weighted by atomic mass is 10.2. The van der Waals surface area contributed by atoms with Gasteiger partial charge in [-0.15, -0.1) is 0 Å². The molecule has 1 aliphatic rings. The molecule has 84 valence electrons. The molecule has 0 aromatic heterocycles. The Hall–Kier alpha value is -1.03. The topological polar surface area (TPSA) is 35.5 Å². The van der Waals surface area contributed by atoms with Gasteiger partial charge >= 0.3 is 5.97 Å². The second kappa shape index (κ2) is 4.66. The Morgan fingerprint density at radius 1 is 1.53 bits per heavy atom. The quantitative estimate of drug-likeness (QED) is 0.536. The van der Waals surface area contributed by atoms with Crippen molar-refractivity contribution in [3.63, 3.8) is 0 Å². The minimum Gasteiger partial charge on any atom is -0.469 e. The maximum absolute atomic E-state index is 10.9. The molecule has 0 aromatic rings. The van der Waals surface area contributed by atoms with Gasteiger partial charge in [0.1, 0.15) is 12.0 Å². The van der Waals surface area contributed by atoms with Gasteiger partial charge in [-0.2, -0.15) is 0 Å². The van der Waals surface area contributed by atoms with Crippen LogP contribution in [0.2, 0.25) is 25.2 Å². The maximum Gasteiger partial charge on any atom is 0.307 e. The number of carbonyl (C=O) groups excluding carboxylic acids is 1. The Morgan fingerprint density at radius 2 is 2.20 bits per heavy atom. The van der Waals surface area contributed by atoms with Crippen LogP contribution >= 0.6 is 0 Å². The number of allylic oxidation sites excluding steroid dienone is 2. The molecule has 0 amide bonds. The van der Waals surface area contributed by atoms with Gasteiger partial charge in [0.05, 0.1) is 14.3 Å². The summed E-state index contributed by atoms with van der Waals surface area (Å²) in [5, 5.41) is 0. The normalized spacial score (nSPS) is 21.3. The van der Waals surface area contributed by atoms with Crippen LogP contribution in [0.1, 0.15) is 13.3 Å². The van der Waals surface area contributed by atoms with Gasteiger partial charge in [-0.25, -0.2) is 0 Å². The van der Waals surface area contributed by atoms with Crippen LogP contribution in [-0.2, 0) is 14.3 Å². The Bertz CT molecular complexity index is 299. The fraction of sp³-hybridized carbons (Fsp3) is 0.545. The van der Waals surface area contributed by atoms with Gasteiger partial charge in [0.15, 0.2) is 0 Å². The maximum atomic E-state index is 10.9. The van der Waals surface area contributed by atoms with Crippen LogP contribution in [0, 0.1) is 0 Å². The molecule has 3 nitrogen and oxygen atoms in total. The molecule has 0 bridgehead atoms. The average Bonchev–Trinajstić information content (AvgIpc) is 2.27. The first-order valence-corrected chi connectivity index (χ1v) is 8.67. The molecule has 1 heterocycles. The average molecular weight is 226 g/mol. The zero-order valence-corrected chi connectivity index (χ0v) is 10.7. The van der Waals surface area contributed by atoms with Crippen LogP contribution in [0.3, 0.4) is 0 Å². The van der Waals surface area contributed by atoms with E-state index in [4.69, 9.17) is 9.47 Å². The zero-order chi connectivity index (χ0) is 11.5. The van der Waals surface area contributed by atoms with Gasteiger partial charge in [-0.3, -0.25) is 4.79 Å². The minimum atomic E-state index is -1.28. The smallest absolute Gasteiger partial charge is 0.307 e. The summed E-state index contributed by atoms with van der Waals surface area (Å²) in [5.41, 5.74) is 0.450. The van der Waals surface area contributed by atoms with E-state index in [1.54, 1.807) is 6.26 Å². The SMILES string of the molecule is CC(=O)OC1=COC=CC([Si](C)(C)C)C1. The highest BCUT2D eigenvalue weighted by atomic mass is 28.3. The molecule has 0 saturated carbocycles. The van der Waals surface area contributed by atoms with Crippen molar-refractivity contribution in [1.29, 1.82) is 0 Å². The van der Waals surface area contributed by atoms with Gasteiger partial charge in [0.25, 0.3) is 0 Å². The fourth-order valence-corrected chi connectivity index (χ4v) is 2.90. The second-order valence-corrected chi connectivity index (χ2v) is 10.3. The third kappa shape index (κ3) is 3.91. The lowest BCUT2D eigenvalue weighted by Gasteiger charge is -2.25. The summed E-state index contributed by atoms with van der Waals surface area (Å²) >= 11 is 0. The second-order valence-electron chi connectivity index (χ2n) is 4.82. The van der Waals surface area contributed by atoms with Gasteiger partial charge in [-0.1, -0.05) is 19.6 Å². The zero-order valence-electron chi connectivity index (χ0n) is 9.74. The van der Waals surface area contributed by atoms with Crippen LogP contribution in [-0.4, -0.2) is 14.0 Å². The molecular formula is C11H18O3Si. The van der Waals surface area contributed by atoms with Gasteiger partial charge in [0.2, 0.25) is 0 Å². The number of hydrogen-bond donors (Lipinski definition) is 0. The van der Waals surface area contributed by atoms with Crippen molar-refractivity contribution in [2.75, 3.05) is 0 Å². The molecule has 0 spiro atoms. The lowest BCUT2D eigenvalue weighted by Crippen LogP contribution is -2.27. The van der Waals surface area contributed by atoms with Crippen molar-refractivity contribution in [1.82, 2.24) is 0 Å². The van der Waals surface area contributed by atoms with Crippen LogP contribution in [0.25, 0.3) is 0 Å². The largest absolute Gasteiger partial charge is 0.469 e. The van der Waals surface area contributed by atoms with E-state index in [1.165, 1.54) is 13.2 Å². The molecule has 0 saturated heterocycles.